The van der Waals surface area contributed by atoms with Gasteiger partial charge in [0, 0.05) is 25.5 Å². The Bertz CT molecular complexity index is 500. The van der Waals surface area contributed by atoms with E-state index in [9.17, 15) is 4.79 Å². The van der Waals surface area contributed by atoms with E-state index in [-0.39, 0.29) is 18.1 Å². The molecule has 0 saturated carbocycles. The molecule has 0 unspecified atom stereocenters. The highest BCUT2D eigenvalue weighted by atomic mass is 16.5. The summed E-state index contributed by atoms with van der Waals surface area (Å²) >= 11 is 0. The van der Waals surface area contributed by atoms with Gasteiger partial charge in [-0.15, -0.1) is 0 Å². The third-order valence-electron chi connectivity index (χ3n) is 5.02. The molecule has 0 N–H and O–H groups in total. The van der Waals surface area contributed by atoms with Gasteiger partial charge >= 0.3 is 0 Å². The molecule has 0 aliphatic carbocycles. The first-order valence-electron chi connectivity index (χ1n) is 9.25. The average Bonchev–Trinajstić information content (AvgIpc) is 3.13. The number of hydrogen-bond donors (Lipinski definition) is 0. The Morgan fingerprint density at radius 2 is 2.21 bits per heavy atom. The van der Waals surface area contributed by atoms with Crippen molar-refractivity contribution in [3.05, 3.63) is 18.5 Å². The summed E-state index contributed by atoms with van der Waals surface area (Å²) in [5.74, 6) is 0.0997. The van der Waals surface area contributed by atoms with Gasteiger partial charge in [0.05, 0.1) is 25.3 Å². The van der Waals surface area contributed by atoms with Crippen molar-refractivity contribution >= 4 is 5.91 Å². The highest BCUT2D eigenvalue weighted by Crippen LogP contribution is 2.20. The lowest BCUT2D eigenvalue weighted by Crippen LogP contribution is -2.50. The number of nitrogens with zero attached hydrogens (tertiary/aromatic N) is 3. The van der Waals surface area contributed by atoms with Gasteiger partial charge in [-0.05, 0) is 51.5 Å². The van der Waals surface area contributed by atoms with Crippen LogP contribution in [0.5, 0.6) is 0 Å². The Balaban J connectivity index is 1.52. The Hall–Kier alpha value is -1.40. The summed E-state index contributed by atoms with van der Waals surface area (Å²) in [5, 5.41) is 4.28. The van der Waals surface area contributed by atoms with E-state index in [0.717, 1.165) is 45.4 Å². The number of carbonyl (C=O) groups excluding carboxylic acids is 1. The van der Waals surface area contributed by atoms with Crippen molar-refractivity contribution in [2.75, 3.05) is 19.8 Å². The fourth-order valence-corrected chi connectivity index (χ4v) is 3.60. The second-order valence-electron chi connectivity index (χ2n) is 6.87. The predicted octanol–water partition coefficient (Wildman–Crippen LogP) is 2.24. The molecule has 3 atom stereocenters. The summed E-state index contributed by atoms with van der Waals surface area (Å²) in [6, 6.07) is 2.13. The fourth-order valence-electron chi connectivity index (χ4n) is 3.60. The minimum atomic E-state index is -0.409. The molecule has 134 valence electrons. The number of aromatic nitrogens is 2. The molecule has 6 heteroatoms. The second-order valence-corrected chi connectivity index (χ2v) is 6.87. The third kappa shape index (κ3) is 4.57. The molecular formula is C18H29N3O3. The maximum atomic E-state index is 12.8. The smallest absolute Gasteiger partial charge is 0.251 e. The molecule has 1 amide bonds. The Kier molecular flexibility index (Phi) is 6.26. The molecule has 0 radical (unpaired) electrons. The van der Waals surface area contributed by atoms with Crippen LogP contribution >= 0.6 is 0 Å². The molecule has 6 nitrogen and oxygen atoms in total. The predicted molar refractivity (Wildman–Crippen MR) is 90.6 cm³/mol. The lowest BCUT2D eigenvalue weighted by molar-refractivity contribution is -0.150. The summed E-state index contributed by atoms with van der Waals surface area (Å²) in [7, 11) is 0. The van der Waals surface area contributed by atoms with Crippen LogP contribution in [-0.2, 0) is 20.8 Å². The van der Waals surface area contributed by atoms with Crippen molar-refractivity contribution in [2.24, 2.45) is 0 Å². The van der Waals surface area contributed by atoms with Crippen LogP contribution in [0.4, 0.5) is 0 Å². The lowest BCUT2D eigenvalue weighted by atomic mass is 10.0. The van der Waals surface area contributed by atoms with Crippen LogP contribution in [0.2, 0.25) is 0 Å². The van der Waals surface area contributed by atoms with Crippen LogP contribution in [0, 0.1) is 0 Å². The van der Waals surface area contributed by atoms with Crippen LogP contribution in [-0.4, -0.2) is 58.6 Å². The van der Waals surface area contributed by atoms with E-state index >= 15 is 0 Å². The number of amides is 1. The Morgan fingerprint density at radius 3 is 2.96 bits per heavy atom. The number of piperidine rings is 1. The number of carbonyl (C=O) groups is 1. The van der Waals surface area contributed by atoms with Gasteiger partial charge in [0.1, 0.15) is 6.10 Å². The summed E-state index contributed by atoms with van der Waals surface area (Å²) < 4.78 is 13.4. The van der Waals surface area contributed by atoms with Gasteiger partial charge in [-0.25, -0.2) is 0 Å². The topological polar surface area (TPSA) is 56.6 Å². The van der Waals surface area contributed by atoms with Gasteiger partial charge in [0.15, 0.2) is 0 Å². The molecule has 3 rings (SSSR count). The first kappa shape index (κ1) is 17.4. The summed E-state index contributed by atoms with van der Waals surface area (Å²) in [6.07, 6.45) is 10.1. The standard InChI is InChI=1S/C18H29N3O3/c1-15(24-14-17-8-3-5-12-23-17)18(22)21-11-4-2-7-16(21)13-20-10-6-9-19-20/h6,9-10,15-17H,2-5,7-8,11-14H2,1H3/t15-,16-,17-/m0/s1. The van der Waals surface area contributed by atoms with E-state index in [2.05, 4.69) is 5.10 Å². The first-order chi connectivity index (χ1) is 11.7. The number of ether oxygens (including phenoxy) is 2. The number of rotatable bonds is 6. The van der Waals surface area contributed by atoms with Gasteiger partial charge in [-0.1, -0.05) is 0 Å². The van der Waals surface area contributed by atoms with Gasteiger partial charge in [0.2, 0.25) is 0 Å². The van der Waals surface area contributed by atoms with Crippen molar-refractivity contribution in [1.82, 2.24) is 14.7 Å². The van der Waals surface area contributed by atoms with Gasteiger partial charge in [0.25, 0.3) is 5.91 Å². The van der Waals surface area contributed by atoms with Gasteiger partial charge in [-0.3, -0.25) is 9.48 Å². The third-order valence-corrected chi connectivity index (χ3v) is 5.02. The molecule has 1 aromatic rings. The normalized spacial score (nSPS) is 26.3. The lowest BCUT2D eigenvalue weighted by Gasteiger charge is -2.37. The summed E-state index contributed by atoms with van der Waals surface area (Å²) in [4.78, 5) is 14.8. The molecular weight excluding hydrogens is 306 g/mol. The van der Waals surface area contributed by atoms with Crippen LogP contribution in [0.3, 0.4) is 0 Å². The highest BCUT2D eigenvalue weighted by molar-refractivity contribution is 5.81. The molecule has 0 spiro atoms. The van der Waals surface area contributed by atoms with Gasteiger partial charge in [-0.2, -0.15) is 5.10 Å². The van der Waals surface area contributed by atoms with Crippen molar-refractivity contribution in [3.8, 4) is 0 Å². The Labute approximate surface area is 144 Å². The van der Waals surface area contributed by atoms with Crippen LogP contribution < -0.4 is 0 Å². The minimum absolute atomic E-state index is 0.0997. The molecule has 2 aliphatic rings. The molecule has 24 heavy (non-hydrogen) atoms. The monoisotopic (exact) mass is 335 g/mol. The van der Waals surface area contributed by atoms with Crippen LogP contribution in [0.15, 0.2) is 18.5 Å². The highest BCUT2D eigenvalue weighted by Gasteiger charge is 2.31. The van der Waals surface area contributed by atoms with E-state index in [1.54, 1.807) is 6.20 Å². The zero-order valence-corrected chi connectivity index (χ0v) is 14.6. The minimum Gasteiger partial charge on any atom is -0.376 e. The first-order valence-corrected chi connectivity index (χ1v) is 9.25. The van der Waals surface area contributed by atoms with Crippen molar-refractivity contribution < 1.29 is 14.3 Å². The maximum Gasteiger partial charge on any atom is 0.251 e. The van der Waals surface area contributed by atoms with Gasteiger partial charge < -0.3 is 14.4 Å². The van der Waals surface area contributed by atoms with E-state index in [1.807, 2.05) is 28.8 Å². The number of likely N-dealkylation sites (tertiary alicyclic amines) is 1. The van der Waals surface area contributed by atoms with E-state index < -0.39 is 6.10 Å². The number of hydrogen-bond acceptors (Lipinski definition) is 4. The maximum absolute atomic E-state index is 12.8. The fraction of sp³-hybridized carbons (Fsp3) is 0.778. The molecule has 1 aromatic heterocycles. The van der Waals surface area contributed by atoms with E-state index in [4.69, 9.17) is 9.47 Å². The molecule has 2 aliphatic heterocycles. The van der Waals surface area contributed by atoms with E-state index in [1.165, 1.54) is 12.8 Å². The average molecular weight is 335 g/mol. The molecule has 3 heterocycles. The Morgan fingerprint density at radius 1 is 1.33 bits per heavy atom. The zero-order chi connectivity index (χ0) is 16.8. The zero-order valence-electron chi connectivity index (χ0n) is 14.6. The molecule has 2 fully saturated rings. The van der Waals surface area contributed by atoms with Crippen molar-refractivity contribution in [1.29, 1.82) is 0 Å². The van der Waals surface area contributed by atoms with E-state index in [0.29, 0.717) is 6.61 Å². The van der Waals surface area contributed by atoms with Crippen LogP contribution in [0.1, 0.15) is 45.4 Å². The molecule has 0 bridgehead atoms. The van der Waals surface area contributed by atoms with Crippen molar-refractivity contribution in [3.63, 3.8) is 0 Å². The molecule has 0 aromatic carbocycles. The summed E-state index contributed by atoms with van der Waals surface area (Å²) in [5.41, 5.74) is 0. The second kappa shape index (κ2) is 8.62. The van der Waals surface area contributed by atoms with Crippen molar-refractivity contribution in [2.45, 2.75) is 70.2 Å². The summed E-state index contributed by atoms with van der Waals surface area (Å²) in [6.45, 7) is 4.78. The SMILES string of the molecule is C[C@H](OC[C@@H]1CCCCO1)C(=O)N1CCCC[C@H]1Cn1cccn1. The quantitative estimate of drug-likeness (QED) is 0.800. The largest absolute Gasteiger partial charge is 0.376 e. The van der Waals surface area contributed by atoms with Crippen LogP contribution in [0.25, 0.3) is 0 Å². The molecule has 2 saturated heterocycles.